The number of benzene rings is 2. The molecule has 2 atom stereocenters. The molecular formula is C25H20ClFN4O3. The molecule has 0 spiro atoms. The van der Waals surface area contributed by atoms with Crippen molar-refractivity contribution >= 4 is 34.7 Å². The highest BCUT2D eigenvalue weighted by atomic mass is 35.5. The summed E-state index contributed by atoms with van der Waals surface area (Å²) < 4.78 is 16.2. The number of carbonyl (C=O) groups is 2. The van der Waals surface area contributed by atoms with Crippen molar-refractivity contribution in [3.8, 4) is 0 Å². The van der Waals surface area contributed by atoms with Gasteiger partial charge in [0.2, 0.25) is 0 Å². The number of aliphatic hydroxyl groups excluding tert-OH is 1. The number of anilines is 1. The first-order valence-electron chi connectivity index (χ1n) is 10.6. The summed E-state index contributed by atoms with van der Waals surface area (Å²) in [5.74, 6) is -1.97. The van der Waals surface area contributed by atoms with E-state index in [0.29, 0.717) is 12.1 Å². The molecule has 2 aromatic heterocycles. The molecule has 0 saturated heterocycles. The Kier molecular flexibility index (Phi) is 5.55. The van der Waals surface area contributed by atoms with Crippen LogP contribution in [-0.4, -0.2) is 32.4 Å². The van der Waals surface area contributed by atoms with Gasteiger partial charge in [0.05, 0.1) is 34.6 Å². The molecule has 9 heteroatoms. The minimum absolute atomic E-state index is 0.0241. The van der Waals surface area contributed by atoms with Crippen LogP contribution in [0.2, 0.25) is 5.02 Å². The predicted molar refractivity (Wildman–Crippen MR) is 126 cm³/mol. The molecule has 34 heavy (non-hydrogen) atoms. The average molecular weight is 479 g/mol. The van der Waals surface area contributed by atoms with Gasteiger partial charge < -0.3 is 15.7 Å². The van der Waals surface area contributed by atoms with Gasteiger partial charge in [-0.05, 0) is 41.8 Å². The van der Waals surface area contributed by atoms with Crippen LogP contribution in [0.25, 0.3) is 5.65 Å². The molecule has 0 unspecified atom stereocenters. The highest BCUT2D eigenvalue weighted by molar-refractivity contribution is 6.34. The number of carbonyl (C=O) groups excluding carboxylic acids is 2. The fraction of sp³-hybridized carbons (Fsp3) is 0.160. The molecule has 0 bridgehead atoms. The third-order valence-electron chi connectivity index (χ3n) is 5.93. The van der Waals surface area contributed by atoms with E-state index in [1.807, 2.05) is 37.3 Å². The number of halogens is 2. The molecule has 1 aliphatic carbocycles. The lowest BCUT2D eigenvalue weighted by molar-refractivity contribution is 0.0858. The van der Waals surface area contributed by atoms with Gasteiger partial charge in [-0.25, -0.2) is 9.37 Å². The maximum absolute atomic E-state index is 14.6. The summed E-state index contributed by atoms with van der Waals surface area (Å²) in [6.07, 6.45) is 2.76. The molecule has 2 aromatic carbocycles. The number of hydrogen-bond acceptors (Lipinski definition) is 4. The van der Waals surface area contributed by atoms with Crippen molar-refractivity contribution in [3.05, 3.63) is 99.7 Å². The molecule has 7 nitrogen and oxygen atoms in total. The van der Waals surface area contributed by atoms with Crippen LogP contribution in [-0.2, 0) is 6.42 Å². The van der Waals surface area contributed by atoms with Gasteiger partial charge in [-0.2, -0.15) is 0 Å². The molecule has 4 aromatic rings. The van der Waals surface area contributed by atoms with E-state index in [1.165, 1.54) is 12.3 Å². The van der Waals surface area contributed by atoms with E-state index in [2.05, 4.69) is 15.6 Å². The van der Waals surface area contributed by atoms with Crippen LogP contribution in [0.4, 0.5) is 10.1 Å². The SMILES string of the molecule is Cc1ccc2ncc(C(=O)Nc3cc(C(=O)N[C@@H]4c5ccccc5C[C@@H]4O)c(Cl)cc3F)n2c1. The molecule has 2 heterocycles. The first-order valence-corrected chi connectivity index (χ1v) is 11.0. The lowest BCUT2D eigenvalue weighted by atomic mass is 10.1. The zero-order valence-electron chi connectivity index (χ0n) is 18.0. The van der Waals surface area contributed by atoms with Crippen LogP contribution >= 0.6 is 11.6 Å². The fourth-order valence-electron chi connectivity index (χ4n) is 4.23. The number of nitrogens with zero attached hydrogens (tertiary/aromatic N) is 2. The molecule has 0 aliphatic heterocycles. The van der Waals surface area contributed by atoms with Gasteiger partial charge >= 0.3 is 0 Å². The summed E-state index contributed by atoms with van der Waals surface area (Å²) in [7, 11) is 0. The molecule has 0 saturated carbocycles. The van der Waals surface area contributed by atoms with Gasteiger partial charge in [-0.3, -0.25) is 14.0 Å². The predicted octanol–water partition coefficient (Wildman–Crippen LogP) is 4.08. The first kappa shape index (κ1) is 22.1. The zero-order valence-corrected chi connectivity index (χ0v) is 18.8. The van der Waals surface area contributed by atoms with Crippen LogP contribution in [0, 0.1) is 12.7 Å². The summed E-state index contributed by atoms with van der Waals surface area (Å²) in [6.45, 7) is 1.88. The minimum atomic E-state index is -0.793. The highest BCUT2D eigenvalue weighted by Gasteiger charge is 2.32. The van der Waals surface area contributed by atoms with E-state index in [0.717, 1.165) is 22.8 Å². The smallest absolute Gasteiger partial charge is 0.274 e. The second-order valence-electron chi connectivity index (χ2n) is 8.27. The number of rotatable bonds is 4. The molecule has 1 aliphatic rings. The highest BCUT2D eigenvalue weighted by Crippen LogP contribution is 2.32. The summed E-state index contributed by atoms with van der Waals surface area (Å²) in [5, 5.41) is 15.6. The maximum atomic E-state index is 14.6. The Hall–Kier alpha value is -3.75. The van der Waals surface area contributed by atoms with Crippen molar-refractivity contribution in [3.63, 3.8) is 0 Å². The van der Waals surface area contributed by atoms with Crippen LogP contribution < -0.4 is 10.6 Å². The van der Waals surface area contributed by atoms with Crippen LogP contribution in [0.15, 0.2) is 60.9 Å². The van der Waals surface area contributed by atoms with Crippen LogP contribution in [0.5, 0.6) is 0 Å². The fourth-order valence-corrected chi connectivity index (χ4v) is 4.46. The first-order chi connectivity index (χ1) is 16.3. The van der Waals surface area contributed by atoms with Gasteiger partial charge in [-0.1, -0.05) is 41.9 Å². The normalized spacial score (nSPS) is 16.9. The number of nitrogens with one attached hydrogen (secondary N) is 2. The minimum Gasteiger partial charge on any atom is -0.390 e. The number of amides is 2. The van der Waals surface area contributed by atoms with Crippen molar-refractivity contribution in [2.24, 2.45) is 0 Å². The van der Waals surface area contributed by atoms with E-state index in [4.69, 9.17) is 11.6 Å². The lowest BCUT2D eigenvalue weighted by Gasteiger charge is -2.19. The lowest BCUT2D eigenvalue weighted by Crippen LogP contribution is -2.34. The Morgan fingerprint density at radius 3 is 2.79 bits per heavy atom. The number of aryl methyl sites for hydroxylation is 1. The van der Waals surface area contributed by atoms with E-state index in [-0.39, 0.29) is 22.0 Å². The van der Waals surface area contributed by atoms with Crippen LogP contribution in [0.3, 0.4) is 0 Å². The second kappa shape index (κ2) is 8.55. The molecule has 172 valence electrons. The number of aromatic nitrogens is 2. The number of fused-ring (bicyclic) bond motifs is 2. The zero-order chi connectivity index (χ0) is 24.0. The molecule has 0 fully saturated rings. The van der Waals surface area contributed by atoms with Gasteiger partial charge in [0.25, 0.3) is 11.8 Å². The summed E-state index contributed by atoms with van der Waals surface area (Å²) >= 11 is 6.16. The summed E-state index contributed by atoms with van der Waals surface area (Å²) in [4.78, 5) is 30.1. The number of aliphatic hydroxyl groups is 1. The van der Waals surface area contributed by atoms with Crippen molar-refractivity contribution in [1.29, 1.82) is 0 Å². The quantitative estimate of drug-likeness (QED) is 0.412. The third-order valence-corrected chi connectivity index (χ3v) is 6.24. The van der Waals surface area contributed by atoms with Gasteiger partial charge in [0.1, 0.15) is 17.2 Å². The Labute approximate surface area is 199 Å². The average Bonchev–Trinajstić information content (AvgIpc) is 3.36. The van der Waals surface area contributed by atoms with E-state index >= 15 is 0 Å². The second-order valence-corrected chi connectivity index (χ2v) is 8.67. The van der Waals surface area contributed by atoms with Crippen molar-refractivity contribution < 1.29 is 19.1 Å². The van der Waals surface area contributed by atoms with E-state index < -0.39 is 29.8 Å². The Morgan fingerprint density at radius 1 is 1.18 bits per heavy atom. The Bertz CT molecular complexity index is 1450. The largest absolute Gasteiger partial charge is 0.390 e. The van der Waals surface area contributed by atoms with Gasteiger partial charge in [-0.15, -0.1) is 0 Å². The number of hydrogen-bond donors (Lipinski definition) is 3. The van der Waals surface area contributed by atoms with Crippen LogP contribution in [0.1, 0.15) is 43.6 Å². The van der Waals surface area contributed by atoms with Crippen molar-refractivity contribution in [1.82, 2.24) is 14.7 Å². The van der Waals surface area contributed by atoms with E-state index in [9.17, 15) is 19.1 Å². The molecule has 5 rings (SSSR count). The molecule has 2 amide bonds. The maximum Gasteiger partial charge on any atom is 0.274 e. The Morgan fingerprint density at radius 2 is 1.97 bits per heavy atom. The number of imidazole rings is 1. The van der Waals surface area contributed by atoms with Gasteiger partial charge in [0.15, 0.2) is 0 Å². The standard InChI is InChI=1S/C25H20ClFN4O3/c1-13-6-7-22-28-11-20(31(22)12-13)25(34)29-19-9-16(17(26)10-18(19)27)24(33)30-23-15-5-3-2-4-14(15)8-21(23)32/h2-7,9-12,21,23,32H,8H2,1H3,(H,29,34)(H,30,33)/t21-,23+/m0/s1. The molecule has 0 radical (unpaired) electrons. The number of pyridine rings is 1. The third kappa shape index (κ3) is 3.91. The van der Waals surface area contributed by atoms with Gasteiger partial charge in [0, 0.05) is 12.6 Å². The molecular weight excluding hydrogens is 459 g/mol. The van der Waals surface area contributed by atoms with E-state index in [1.54, 1.807) is 16.7 Å². The molecule has 3 N–H and O–H groups in total. The summed E-state index contributed by atoms with van der Waals surface area (Å²) in [5.41, 5.74) is 3.25. The van der Waals surface area contributed by atoms with Crippen molar-refractivity contribution in [2.75, 3.05) is 5.32 Å². The monoisotopic (exact) mass is 478 g/mol. The summed E-state index contributed by atoms with van der Waals surface area (Å²) in [6, 6.07) is 12.6. The Balaban J connectivity index is 1.41. The van der Waals surface area contributed by atoms with Crippen molar-refractivity contribution in [2.45, 2.75) is 25.5 Å². The topological polar surface area (TPSA) is 95.7 Å².